The van der Waals surface area contributed by atoms with Crippen LogP contribution in [0.4, 0.5) is 0 Å². The molecule has 0 aliphatic carbocycles. The van der Waals surface area contributed by atoms with Gasteiger partial charge in [-0.25, -0.2) is 4.98 Å². The minimum absolute atomic E-state index is 0.405. The summed E-state index contributed by atoms with van der Waals surface area (Å²) < 4.78 is 0. The number of para-hydroxylation sites is 1. The van der Waals surface area contributed by atoms with Crippen molar-refractivity contribution in [2.24, 2.45) is 5.11 Å². The Labute approximate surface area is 126 Å². The maximum atomic E-state index is 12.2. The van der Waals surface area contributed by atoms with E-state index in [0.717, 1.165) is 11.3 Å². The molecule has 0 fully saturated rings. The van der Waals surface area contributed by atoms with Gasteiger partial charge in [-0.1, -0.05) is 48.5 Å². The third kappa shape index (κ3) is 2.30. The quantitative estimate of drug-likeness (QED) is 0.390. The van der Waals surface area contributed by atoms with Crippen molar-refractivity contribution >= 4 is 16.8 Å². The molecule has 106 valence electrons. The van der Waals surface area contributed by atoms with Crippen LogP contribution in [0.1, 0.15) is 15.9 Å². The summed E-state index contributed by atoms with van der Waals surface area (Å²) in [5, 5.41) is 3.95. The van der Waals surface area contributed by atoms with Gasteiger partial charge in [-0.05, 0) is 29.2 Å². The zero-order valence-electron chi connectivity index (χ0n) is 11.9. The lowest BCUT2D eigenvalue weighted by Crippen LogP contribution is -2.03. The summed E-state index contributed by atoms with van der Waals surface area (Å²) in [5.74, 6) is -0.587. The Morgan fingerprint density at radius 3 is 2.50 bits per heavy atom. The van der Waals surface area contributed by atoms with Crippen molar-refractivity contribution < 1.29 is 4.79 Å². The van der Waals surface area contributed by atoms with Crippen LogP contribution in [0, 0.1) is 6.92 Å². The maximum absolute atomic E-state index is 12.2. The molecule has 0 unspecified atom stereocenters. The monoisotopic (exact) mass is 288 g/mol. The van der Waals surface area contributed by atoms with Gasteiger partial charge in [-0.2, -0.15) is 0 Å². The number of nitrogens with zero attached hydrogens (tertiary/aromatic N) is 4. The summed E-state index contributed by atoms with van der Waals surface area (Å²) in [6.45, 7) is 1.82. The van der Waals surface area contributed by atoms with Crippen molar-refractivity contribution in [1.82, 2.24) is 4.98 Å². The molecule has 0 saturated heterocycles. The van der Waals surface area contributed by atoms with Gasteiger partial charge in [0.15, 0.2) is 0 Å². The molecule has 3 aromatic rings. The van der Waals surface area contributed by atoms with E-state index in [0.29, 0.717) is 22.0 Å². The van der Waals surface area contributed by atoms with E-state index in [9.17, 15) is 4.79 Å². The first-order valence-electron chi connectivity index (χ1n) is 6.76. The molecule has 1 heterocycles. The molecule has 3 rings (SSSR count). The first-order valence-corrected chi connectivity index (χ1v) is 6.76. The molecule has 0 radical (unpaired) electrons. The number of carbonyl (C=O) groups excluding carboxylic acids is 1. The minimum Gasteiger partial charge on any atom is -0.287 e. The molecular formula is C17H12N4O. The fraction of sp³-hybridized carbons (Fsp3) is 0.0588. The lowest BCUT2D eigenvalue weighted by atomic mass is 9.97. The van der Waals surface area contributed by atoms with E-state index in [1.807, 2.05) is 61.5 Å². The summed E-state index contributed by atoms with van der Waals surface area (Å²) in [5.41, 5.74) is 12.0. The van der Waals surface area contributed by atoms with E-state index in [1.54, 1.807) is 0 Å². The molecule has 0 N–H and O–H groups in total. The van der Waals surface area contributed by atoms with Crippen molar-refractivity contribution in [2.45, 2.75) is 6.92 Å². The third-order valence-electron chi connectivity index (χ3n) is 3.53. The number of aromatic nitrogens is 1. The number of carbonyl (C=O) groups is 1. The van der Waals surface area contributed by atoms with Gasteiger partial charge in [-0.15, -0.1) is 0 Å². The van der Waals surface area contributed by atoms with Gasteiger partial charge < -0.3 is 0 Å². The highest BCUT2D eigenvalue weighted by atomic mass is 16.1. The largest absolute Gasteiger partial charge is 0.287 e. The minimum atomic E-state index is -0.587. The average molecular weight is 288 g/mol. The molecule has 0 aliphatic rings. The van der Waals surface area contributed by atoms with Crippen LogP contribution < -0.4 is 0 Å². The standard InChI is InChI=1S/C17H12N4O/c1-11-15(17(22)20-21-18)13-9-5-6-10-14(13)19-16(11)12-7-3-2-4-8-12/h2-10H,1H3. The molecule has 0 aliphatic heterocycles. The summed E-state index contributed by atoms with van der Waals surface area (Å²) in [6, 6.07) is 17.0. The Bertz CT molecular complexity index is 913. The van der Waals surface area contributed by atoms with Crippen LogP contribution in [-0.2, 0) is 0 Å². The Kier molecular flexibility index (Phi) is 3.56. The van der Waals surface area contributed by atoms with Gasteiger partial charge in [0.25, 0.3) is 0 Å². The van der Waals surface area contributed by atoms with Crippen LogP contribution in [0.3, 0.4) is 0 Å². The van der Waals surface area contributed by atoms with Gasteiger partial charge in [0.2, 0.25) is 5.91 Å². The van der Waals surface area contributed by atoms with Crippen molar-refractivity contribution in [3.05, 3.63) is 76.2 Å². The normalized spacial score (nSPS) is 10.2. The number of hydrogen-bond donors (Lipinski definition) is 0. The number of hydrogen-bond acceptors (Lipinski definition) is 2. The second-order valence-corrected chi connectivity index (χ2v) is 4.84. The Hall–Kier alpha value is -3.17. The summed E-state index contributed by atoms with van der Waals surface area (Å²) in [6.07, 6.45) is 0. The lowest BCUT2D eigenvalue weighted by molar-refractivity contribution is 0.100. The van der Waals surface area contributed by atoms with Crippen LogP contribution >= 0.6 is 0 Å². The molecule has 1 aromatic heterocycles. The van der Waals surface area contributed by atoms with Gasteiger partial charge in [-0.3, -0.25) is 4.79 Å². The Morgan fingerprint density at radius 1 is 1.09 bits per heavy atom. The topological polar surface area (TPSA) is 78.7 Å². The predicted molar refractivity (Wildman–Crippen MR) is 85.4 cm³/mol. The average Bonchev–Trinajstić information content (AvgIpc) is 2.55. The number of pyridine rings is 1. The van der Waals surface area contributed by atoms with Crippen LogP contribution in [0.25, 0.3) is 32.6 Å². The first-order chi connectivity index (χ1) is 10.7. The molecule has 0 atom stereocenters. The fourth-order valence-electron chi connectivity index (χ4n) is 2.55. The predicted octanol–water partition coefficient (Wildman–Crippen LogP) is 4.66. The SMILES string of the molecule is Cc1c(-c2ccccc2)nc2ccccc2c1C(=O)N=[N+]=[N-]. The van der Waals surface area contributed by atoms with Gasteiger partial charge in [0, 0.05) is 21.4 Å². The number of fused-ring (bicyclic) bond motifs is 1. The molecule has 1 amide bonds. The summed E-state index contributed by atoms with van der Waals surface area (Å²) in [7, 11) is 0. The molecule has 0 saturated carbocycles. The number of azide groups is 1. The first kappa shape index (κ1) is 13.8. The summed E-state index contributed by atoms with van der Waals surface area (Å²) >= 11 is 0. The zero-order valence-corrected chi connectivity index (χ0v) is 11.9. The smallest absolute Gasteiger partial charge is 0.250 e. The number of rotatable bonds is 2. The third-order valence-corrected chi connectivity index (χ3v) is 3.53. The van der Waals surface area contributed by atoms with Gasteiger partial charge >= 0.3 is 0 Å². The van der Waals surface area contributed by atoms with Gasteiger partial charge in [0.1, 0.15) is 0 Å². The van der Waals surface area contributed by atoms with Crippen molar-refractivity contribution in [3.8, 4) is 11.3 Å². The fourth-order valence-corrected chi connectivity index (χ4v) is 2.55. The van der Waals surface area contributed by atoms with Crippen molar-refractivity contribution in [2.75, 3.05) is 0 Å². The van der Waals surface area contributed by atoms with E-state index in [1.165, 1.54) is 0 Å². The molecule has 2 aromatic carbocycles. The van der Waals surface area contributed by atoms with Gasteiger partial charge in [0.05, 0.1) is 11.2 Å². The summed E-state index contributed by atoms with van der Waals surface area (Å²) in [4.78, 5) is 19.5. The van der Waals surface area contributed by atoms with Crippen LogP contribution in [0.2, 0.25) is 0 Å². The molecular weight excluding hydrogens is 276 g/mol. The van der Waals surface area contributed by atoms with Crippen molar-refractivity contribution in [1.29, 1.82) is 0 Å². The second-order valence-electron chi connectivity index (χ2n) is 4.84. The molecule has 22 heavy (non-hydrogen) atoms. The Balaban J connectivity index is 2.39. The van der Waals surface area contributed by atoms with E-state index in [2.05, 4.69) is 15.0 Å². The molecule has 0 bridgehead atoms. The second kappa shape index (κ2) is 5.68. The van der Waals surface area contributed by atoms with Crippen LogP contribution in [0.15, 0.2) is 59.7 Å². The zero-order chi connectivity index (χ0) is 15.5. The molecule has 5 nitrogen and oxygen atoms in total. The molecule has 0 spiro atoms. The highest BCUT2D eigenvalue weighted by Crippen LogP contribution is 2.30. The lowest BCUT2D eigenvalue weighted by Gasteiger charge is -2.12. The van der Waals surface area contributed by atoms with E-state index >= 15 is 0 Å². The van der Waals surface area contributed by atoms with Crippen molar-refractivity contribution in [3.63, 3.8) is 0 Å². The highest BCUT2D eigenvalue weighted by molar-refractivity contribution is 6.09. The van der Waals surface area contributed by atoms with Crippen LogP contribution in [0.5, 0.6) is 0 Å². The van der Waals surface area contributed by atoms with Crippen LogP contribution in [-0.4, -0.2) is 10.9 Å². The number of amides is 1. The van der Waals surface area contributed by atoms with E-state index < -0.39 is 5.91 Å². The van der Waals surface area contributed by atoms with E-state index in [-0.39, 0.29) is 0 Å². The Morgan fingerprint density at radius 2 is 1.77 bits per heavy atom. The number of benzene rings is 2. The van der Waals surface area contributed by atoms with E-state index in [4.69, 9.17) is 5.53 Å². The molecule has 5 heteroatoms. The highest BCUT2D eigenvalue weighted by Gasteiger charge is 2.17. The maximum Gasteiger partial charge on any atom is 0.250 e.